The summed E-state index contributed by atoms with van der Waals surface area (Å²) in [7, 11) is -1.60. The van der Waals surface area contributed by atoms with E-state index in [4.69, 9.17) is 10.5 Å². The molecule has 3 atom stereocenters. The van der Waals surface area contributed by atoms with E-state index in [1.165, 1.54) is 12.1 Å². The van der Waals surface area contributed by atoms with Gasteiger partial charge in [-0.3, -0.25) is 4.21 Å². The van der Waals surface area contributed by atoms with Gasteiger partial charge in [0.1, 0.15) is 0 Å². The highest BCUT2D eigenvalue weighted by atomic mass is 32.2. The Morgan fingerprint density at radius 3 is 2.74 bits per heavy atom. The summed E-state index contributed by atoms with van der Waals surface area (Å²) in [6.07, 6.45) is -3.87. The molecule has 1 heterocycles. The fourth-order valence-corrected chi connectivity index (χ4v) is 3.40. The van der Waals surface area contributed by atoms with Crippen molar-refractivity contribution in [2.45, 2.75) is 28.8 Å². The van der Waals surface area contributed by atoms with E-state index < -0.39 is 27.8 Å². The molecule has 1 aliphatic rings. The first-order valence-electron chi connectivity index (χ1n) is 5.81. The van der Waals surface area contributed by atoms with Gasteiger partial charge in [-0.05, 0) is 24.6 Å². The summed E-state index contributed by atoms with van der Waals surface area (Å²) in [4.78, 5) is 0.140. The van der Waals surface area contributed by atoms with E-state index in [-0.39, 0.29) is 17.5 Å². The first-order chi connectivity index (χ1) is 8.89. The predicted molar refractivity (Wildman–Crippen MR) is 65.1 cm³/mol. The standard InChI is InChI=1S/C12H14F3NO2S/c13-12(14,15)8-2-1-3-9(6-8)19(17)11-7-18-5-4-10(11)16/h1-3,6,10-11H,4-5,7,16H2. The van der Waals surface area contributed by atoms with Crippen LogP contribution in [0.5, 0.6) is 0 Å². The normalized spacial score (nSPS) is 26.1. The monoisotopic (exact) mass is 293 g/mol. The van der Waals surface area contributed by atoms with Gasteiger partial charge in [0.25, 0.3) is 0 Å². The van der Waals surface area contributed by atoms with Crippen LogP contribution in [0.2, 0.25) is 0 Å². The second-order valence-electron chi connectivity index (χ2n) is 4.39. The third kappa shape index (κ3) is 3.34. The van der Waals surface area contributed by atoms with Crippen LogP contribution < -0.4 is 5.73 Å². The molecule has 3 nitrogen and oxygen atoms in total. The minimum atomic E-state index is -4.44. The van der Waals surface area contributed by atoms with Gasteiger partial charge in [-0.25, -0.2) is 0 Å². The summed E-state index contributed by atoms with van der Waals surface area (Å²) in [5, 5.41) is -0.461. The molecule has 0 bridgehead atoms. The highest BCUT2D eigenvalue weighted by Gasteiger charge is 2.33. The zero-order valence-corrected chi connectivity index (χ0v) is 10.8. The van der Waals surface area contributed by atoms with Crippen LogP contribution in [-0.4, -0.2) is 28.7 Å². The summed E-state index contributed by atoms with van der Waals surface area (Å²) in [6, 6.07) is 4.23. The van der Waals surface area contributed by atoms with Crippen molar-refractivity contribution in [2.24, 2.45) is 5.73 Å². The molecule has 1 fully saturated rings. The van der Waals surface area contributed by atoms with Gasteiger partial charge in [-0.1, -0.05) is 6.07 Å². The Labute approximate surface area is 111 Å². The molecule has 106 valence electrons. The maximum atomic E-state index is 12.6. The molecular formula is C12H14F3NO2S. The second-order valence-corrected chi connectivity index (χ2v) is 6.06. The Morgan fingerprint density at radius 2 is 2.11 bits per heavy atom. The van der Waals surface area contributed by atoms with Crippen molar-refractivity contribution in [2.75, 3.05) is 13.2 Å². The van der Waals surface area contributed by atoms with E-state index in [0.717, 1.165) is 12.1 Å². The van der Waals surface area contributed by atoms with Crippen LogP contribution in [0.4, 0.5) is 13.2 Å². The molecule has 1 aromatic carbocycles. The number of ether oxygens (including phenoxy) is 1. The van der Waals surface area contributed by atoms with Gasteiger partial charge < -0.3 is 10.5 Å². The van der Waals surface area contributed by atoms with Gasteiger partial charge in [0, 0.05) is 17.5 Å². The van der Waals surface area contributed by atoms with Crippen molar-refractivity contribution < 1.29 is 22.1 Å². The van der Waals surface area contributed by atoms with E-state index in [9.17, 15) is 17.4 Å². The summed E-state index contributed by atoms with van der Waals surface area (Å²) < 4.78 is 55.3. The summed E-state index contributed by atoms with van der Waals surface area (Å²) in [5.74, 6) is 0. The molecule has 2 N–H and O–H groups in total. The Bertz CT molecular complexity index is 478. The Morgan fingerprint density at radius 1 is 1.37 bits per heavy atom. The van der Waals surface area contributed by atoms with Gasteiger partial charge in [0.2, 0.25) is 0 Å². The Balaban J connectivity index is 2.24. The maximum absolute atomic E-state index is 12.6. The summed E-state index contributed by atoms with van der Waals surface area (Å²) >= 11 is 0. The number of nitrogens with two attached hydrogens (primary N) is 1. The zero-order valence-electron chi connectivity index (χ0n) is 10.0. The first-order valence-corrected chi connectivity index (χ1v) is 7.02. The van der Waals surface area contributed by atoms with Gasteiger partial charge in [0.05, 0.1) is 28.2 Å². The Kier molecular flexibility index (Phi) is 4.27. The largest absolute Gasteiger partial charge is 0.416 e. The molecular weight excluding hydrogens is 279 g/mol. The molecule has 1 aromatic rings. The number of halogens is 3. The third-order valence-electron chi connectivity index (χ3n) is 3.02. The minimum Gasteiger partial charge on any atom is -0.380 e. The van der Waals surface area contributed by atoms with Crippen LogP contribution in [0, 0.1) is 0 Å². The van der Waals surface area contributed by atoms with Gasteiger partial charge in [-0.15, -0.1) is 0 Å². The lowest BCUT2D eigenvalue weighted by atomic mass is 10.1. The second kappa shape index (κ2) is 5.60. The van der Waals surface area contributed by atoms with E-state index in [1.54, 1.807) is 0 Å². The summed E-state index contributed by atoms with van der Waals surface area (Å²) in [6.45, 7) is 0.710. The quantitative estimate of drug-likeness (QED) is 0.906. The number of hydrogen-bond donors (Lipinski definition) is 1. The van der Waals surface area contributed by atoms with Gasteiger partial charge in [0.15, 0.2) is 0 Å². The average Bonchev–Trinajstić information content (AvgIpc) is 2.38. The minimum absolute atomic E-state index is 0.140. The number of hydrogen-bond acceptors (Lipinski definition) is 3. The van der Waals surface area contributed by atoms with E-state index in [0.29, 0.717) is 13.0 Å². The number of rotatable bonds is 2. The highest BCUT2D eigenvalue weighted by Crippen LogP contribution is 2.31. The zero-order chi connectivity index (χ0) is 14.0. The van der Waals surface area contributed by atoms with Crippen molar-refractivity contribution in [3.63, 3.8) is 0 Å². The fraction of sp³-hybridized carbons (Fsp3) is 0.500. The Hall–Kier alpha value is -0.920. The molecule has 1 aliphatic heterocycles. The fourth-order valence-electron chi connectivity index (χ4n) is 1.92. The predicted octanol–water partition coefficient (Wildman–Crippen LogP) is 1.93. The smallest absolute Gasteiger partial charge is 0.380 e. The molecule has 0 aromatic heterocycles. The molecule has 0 saturated carbocycles. The van der Waals surface area contributed by atoms with Crippen LogP contribution in [0.1, 0.15) is 12.0 Å². The topological polar surface area (TPSA) is 52.3 Å². The third-order valence-corrected chi connectivity index (χ3v) is 4.78. The molecule has 1 saturated heterocycles. The average molecular weight is 293 g/mol. The molecule has 0 radical (unpaired) electrons. The van der Waals surface area contributed by atoms with Crippen molar-refractivity contribution in [1.82, 2.24) is 0 Å². The van der Waals surface area contributed by atoms with Crippen LogP contribution in [0.15, 0.2) is 29.2 Å². The highest BCUT2D eigenvalue weighted by molar-refractivity contribution is 7.85. The van der Waals surface area contributed by atoms with Crippen LogP contribution in [0.25, 0.3) is 0 Å². The van der Waals surface area contributed by atoms with E-state index >= 15 is 0 Å². The molecule has 2 rings (SSSR count). The first kappa shape index (κ1) is 14.5. The van der Waals surface area contributed by atoms with Gasteiger partial charge in [-0.2, -0.15) is 13.2 Å². The number of benzene rings is 1. The molecule has 0 amide bonds. The van der Waals surface area contributed by atoms with Crippen molar-refractivity contribution in [3.8, 4) is 0 Å². The molecule has 0 aliphatic carbocycles. The molecule has 7 heteroatoms. The molecule has 19 heavy (non-hydrogen) atoms. The van der Waals surface area contributed by atoms with Crippen LogP contribution in [0.3, 0.4) is 0 Å². The lowest BCUT2D eigenvalue weighted by Crippen LogP contribution is -2.45. The maximum Gasteiger partial charge on any atom is 0.416 e. The molecule has 0 spiro atoms. The SMILES string of the molecule is NC1CCOCC1S(=O)c1cccc(C(F)(F)F)c1. The lowest BCUT2D eigenvalue weighted by Gasteiger charge is -2.28. The summed E-state index contributed by atoms with van der Waals surface area (Å²) in [5.41, 5.74) is 5.04. The van der Waals surface area contributed by atoms with Crippen LogP contribution >= 0.6 is 0 Å². The van der Waals surface area contributed by atoms with Gasteiger partial charge >= 0.3 is 6.18 Å². The molecule has 3 unspecified atom stereocenters. The van der Waals surface area contributed by atoms with Crippen molar-refractivity contribution >= 4 is 10.8 Å². The van der Waals surface area contributed by atoms with E-state index in [1.807, 2.05) is 0 Å². The lowest BCUT2D eigenvalue weighted by molar-refractivity contribution is -0.137. The number of alkyl halides is 3. The van der Waals surface area contributed by atoms with E-state index in [2.05, 4.69) is 0 Å². The van der Waals surface area contributed by atoms with Crippen molar-refractivity contribution in [1.29, 1.82) is 0 Å². The van der Waals surface area contributed by atoms with Crippen molar-refractivity contribution in [3.05, 3.63) is 29.8 Å². The van der Waals surface area contributed by atoms with Crippen LogP contribution in [-0.2, 0) is 21.7 Å².